The Labute approximate surface area is 204 Å². The summed E-state index contributed by atoms with van der Waals surface area (Å²) in [5.74, 6) is -0.582. The topological polar surface area (TPSA) is 82.6 Å². The van der Waals surface area contributed by atoms with E-state index in [1.807, 2.05) is 24.3 Å². The monoisotopic (exact) mass is 480 g/mol. The molecule has 0 aliphatic carbocycles. The molecule has 2 saturated heterocycles. The number of nitrogens with zero attached hydrogens (tertiary/aromatic N) is 3. The molecule has 0 radical (unpaired) electrons. The van der Waals surface area contributed by atoms with Crippen LogP contribution in [0.2, 0.25) is 5.02 Å². The van der Waals surface area contributed by atoms with E-state index in [1.165, 1.54) is 5.56 Å². The fraction of sp³-hybridized carbons (Fsp3) is 0.462. The van der Waals surface area contributed by atoms with Crippen molar-refractivity contribution in [1.29, 1.82) is 0 Å². The predicted molar refractivity (Wildman–Crippen MR) is 128 cm³/mol. The van der Waals surface area contributed by atoms with Crippen LogP contribution in [0.1, 0.15) is 66.3 Å². The lowest BCUT2D eigenvalue weighted by atomic mass is 9.72. The van der Waals surface area contributed by atoms with Gasteiger partial charge in [-0.2, -0.15) is 0 Å². The molecule has 3 aliphatic rings. The van der Waals surface area contributed by atoms with Gasteiger partial charge in [0.1, 0.15) is 6.04 Å². The first-order chi connectivity index (χ1) is 16.2. The number of carbonyl (C=O) groups is 3. The van der Waals surface area contributed by atoms with Gasteiger partial charge in [-0.1, -0.05) is 37.6 Å². The van der Waals surface area contributed by atoms with Crippen molar-refractivity contribution in [2.45, 2.75) is 58.2 Å². The first-order valence-corrected chi connectivity index (χ1v) is 12.2. The number of amides is 3. The second kappa shape index (κ2) is 8.78. The number of rotatable bonds is 4. The maximum Gasteiger partial charge on any atom is 0.256 e. The molecule has 5 rings (SSSR count). The van der Waals surface area contributed by atoms with Gasteiger partial charge in [-0.05, 0) is 54.6 Å². The Bertz CT molecular complexity index is 1150. The Morgan fingerprint density at radius 1 is 1.09 bits per heavy atom. The van der Waals surface area contributed by atoms with Crippen LogP contribution in [-0.4, -0.2) is 51.6 Å². The fourth-order valence-corrected chi connectivity index (χ4v) is 5.77. The number of benzene rings is 1. The van der Waals surface area contributed by atoms with Gasteiger partial charge in [0, 0.05) is 36.1 Å². The van der Waals surface area contributed by atoms with Gasteiger partial charge >= 0.3 is 0 Å². The summed E-state index contributed by atoms with van der Waals surface area (Å²) in [6.45, 7) is 7.67. The number of fused-ring (bicyclic) bond motifs is 1. The molecule has 34 heavy (non-hydrogen) atoms. The Morgan fingerprint density at radius 3 is 2.56 bits per heavy atom. The molecule has 2 fully saturated rings. The van der Waals surface area contributed by atoms with Gasteiger partial charge in [0.15, 0.2) is 0 Å². The van der Waals surface area contributed by atoms with Crippen LogP contribution in [-0.2, 0) is 22.7 Å². The van der Waals surface area contributed by atoms with Gasteiger partial charge in [0.05, 0.1) is 17.8 Å². The molecule has 4 heterocycles. The number of nitrogens with one attached hydrogen (secondary N) is 1. The number of aromatic nitrogens is 1. The van der Waals surface area contributed by atoms with Crippen LogP contribution in [0.25, 0.3) is 0 Å². The number of likely N-dealkylation sites (tertiary alicyclic amines) is 1. The van der Waals surface area contributed by atoms with Crippen molar-refractivity contribution in [3.8, 4) is 0 Å². The lowest BCUT2D eigenvalue weighted by molar-refractivity contribution is -0.136. The molecule has 3 amide bonds. The molecule has 0 bridgehead atoms. The number of hydrogen-bond donors (Lipinski definition) is 1. The standard InChI is InChI=1S/C26H29ClN4O3/c1-26(2)15-30(13-16-3-5-17(27)6-4-16)12-11-19(26)20-8-7-18-21(28-20)14-31(25(18)34)22-9-10-23(32)29-24(22)33/h3-8,19,22H,9-15H2,1-2H3,(H,29,32,33). The molecule has 2 unspecified atom stereocenters. The SMILES string of the molecule is CC1(C)CN(Cc2ccc(Cl)cc2)CCC1c1ccc2c(n1)CN(C1CCC(=O)NC1=O)C2=O. The molecular formula is C26H29ClN4O3. The summed E-state index contributed by atoms with van der Waals surface area (Å²) in [7, 11) is 0. The predicted octanol–water partition coefficient (Wildman–Crippen LogP) is 3.51. The van der Waals surface area contributed by atoms with Crippen molar-refractivity contribution >= 4 is 29.3 Å². The number of pyridine rings is 1. The lowest BCUT2D eigenvalue weighted by Gasteiger charge is -2.44. The normalized spacial score (nSPS) is 24.8. The fourth-order valence-electron chi connectivity index (χ4n) is 5.65. The second-order valence-electron chi connectivity index (χ2n) is 10.3. The molecule has 7 nitrogen and oxygen atoms in total. The summed E-state index contributed by atoms with van der Waals surface area (Å²) in [6, 6.07) is 11.2. The Balaban J connectivity index is 1.30. The van der Waals surface area contributed by atoms with Gasteiger partial charge in [0.25, 0.3) is 5.91 Å². The molecule has 3 aliphatic heterocycles. The third-order valence-electron chi connectivity index (χ3n) is 7.38. The zero-order valence-corrected chi connectivity index (χ0v) is 20.3. The van der Waals surface area contributed by atoms with E-state index in [4.69, 9.17) is 16.6 Å². The van der Waals surface area contributed by atoms with E-state index in [0.29, 0.717) is 18.5 Å². The van der Waals surface area contributed by atoms with Crippen molar-refractivity contribution in [2.24, 2.45) is 5.41 Å². The van der Waals surface area contributed by atoms with Crippen molar-refractivity contribution in [2.75, 3.05) is 13.1 Å². The second-order valence-corrected chi connectivity index (χ2v) is 10.7. The minimum Gasteiger partial charge on any atom is -0.321 e. The number of imide groups is 1. The maximum absolute atomic E-state index is 13.0. The highest BCUT2D eigenvalue weighted by molar-refractivity contribution is 6.30. The Morgan fingerprint density at radius 2 is 1.85 bits per heavy atom. The summed E-state index contributed by atoms with van der Waals surface area (Å²) in [5.41, 5.74) is 3.56. The van der Waals surface area contributed by atoms with E-state index >= 15 is 0 Å². The zero-order chi connectivity index (χ0) is 24.0. The van der Waals surface area contributed by atoms with Gasteiger partial charge < -0.3 is 4.90 Å². The molecule has 0 spiro atoms. The average molecular weight is 481 g/mol. The van der Waals surface area contributed by atoms with Crippen LogP contribution in [0.5, 0.6) is 0 Å². The summed E-state index contributed by atoms with van der Waals surface area (Å²) in [4.78, 5) is 45.8. The van der Waals surface area contributed by atoms with Crippen LogP contribution in [0.15, 0.2) is 36.4 Å². The zero-order valence-electron chi connectivity index (χ0n) is 19.5. The van der Waals surface area contributed by atoms with Crippen LogP contribution >= 0.6 is 11.6 Å². The molecule has 8 heteroatoms. The highest BCUT2D eigenvalue weighted by Crippen LogP contribution is 2.42. The minimum atomic E-state index is -0.615. The van der Waals surface area contributed by atoms with E-state index in [9.17, 15) is 14.4 Å². The van der Waals surface area contributed by atoms with E-state index in [0.717, 1.165) is 42.5 Å². The molecular weight excluding hydrogens is 452 g/mol. The highest BCUT2D eigenvalue weighted by atomic mass is 35.5. The van der Waals surface area contributed by atoms with Gasteiger partial charge in [-0.3, -0.25) is 29.6 Å². The molecule has 1 aromatic carbocycles. The Hall–Kier alpha value is -2.77. The van der Waals surface area contributed by atoms with Crippen LogP contribution < -0.4 is 5.32 Å². The molecule has 1 N–H and O–H groups in total. The van der Waals surface area contributed by atoms with E-state index < -0.39 is 11.9 Å². The largest absolute Gasteiger partial charge is 0.321 e. The number of carbonyl (C=O) groups excluding carboxylic acids is 3. The summed E-state index contributed by atoms with van der Waals surface area (Å²) >= 11 is 6.02. The third kappa shape index (κ3) is 4.34. The smallest absolute Gasteiger partial charge is 0.256 e. The summed E-state index contributed by atoms with van der Waals surface area (Å²) in [5, 5.41) is 3.10. The van der Waals surface area contributed by atoms with E-state index in [-0.39, 0.29) is 29.6 Å². The molecule has 2 aromatic rings. The maximum atomic E-state index is 13.0. The highest BCUT2D eigenvalue weighted by Gasteiger charge is 2.42. The van der Waals surface area contributed by atoms with E-state index in [1.54, 1.807) is 4.90 Å². The van der Waals surface area contributed by atoms with Crippen molar-refractivity contribution in [3.63, 3.8) is 0 Å². The minimum absolute atomic E-state index is 0.0117. The molecule has 0 saturated carbocycles. The molecule has 178 valence electrons. The Kier molecular flexibility index (Phi) is 5.94. The summed E-state index contributed by atoms with van der Waals surface area (Å²) in [6.07, 6.45) is 1.59. The quantitative estimate of drug-likeness (QED) is 0.677. The van der Waals surface area contributed by atoms with Gasteiger partial charge in [-0.15, -0.1) is 0 Å². The average Bonchev–Trinajstić information content (AvgIpc) is 3.10. The first-order valence-electron chi connectivity index (χ1n) is 11.8. The van der Waals surface area contributed by atoms with Crippen molar-refractivity contribution < 1.29 is 14.4 Å². The molecule has 1 aromatic heterocycles. The number of halogens is 1. The van der Waals surface area contributed by atoms with Gasteiger partial charge in [0.2, 0.25) is 11.8 Å². The van der Waals surface area contributed by atoms with Gasteiger partial charge in [-0.25, -0.2) is 0 Å². The van der Waals surface area contributed by atoms with Crippen molar-refractivity contribution in [1.82, 2.24) is 20.1 Å². The first kappa shape index (κ1) is 23.0. The lowest BCUT2D eigenvalue weighted by Crippen LogP contribution is -2.52. The number of hydrogen-bond acceptors (Lipinski definition) is 5. The van der Waals surface area contributed by atoms with Crippen LogP contribution in [0.4, 0.5) is 0 Å². The number of piperidine rings is 2. The van der Waals surface area contributed by atoms with Crippen LogP contribution in [0, 0.1) is 5.41 Å². The van der Waals surface area contributed by atoms with Crippen LogP contribution in [0.3, 0.4) is 0 Å². The summed E-state index contributed by atoms with van der Waals surface area (Å²) < 4.78 is 0. The van der Waals surface area contributed by atoms with Crippen molar-refractivity contribution in [3.05, 3.63) is 63.9 Å². The third-order valence-corrected chi connectivity index (χ3v) is 7.63. The molecule has 2 atom stereocenters. The van der Waals surface area contributed by atoms with E-state index in [2.05, 4.69) is 36.2 Å².